The molecule has 0 bridgehead atoms. The van der Waals surface area contributed by atoms with Crippen molar-refractivity contribution in [2.75, 3.05) is 0 Å². The zero-order valence-corrected chi connectivity index (χ0v) is 10.4. The highest BCUT2D eigenvalue weighted by Crippen LogP contribution is 2.23. The molecule has 0 fully saturated rings. The zero-order valence-electron chi connectivity index (χ0n) is 10.4. The minimum absolute atomic E-state index is 0.212. The van der Waals surface area contributed by atoms with Gasteiger partial charge in [0.25, 0.3) is 0 Å². The molecular formula is C15H9BN2O2. The van der Waals surface area contributed by atoms with Gasteiger partial charge in [-0.05, 0) is 12.1 Å². The van der Waals surface area contributed by atoms with E-state index in [0.717, 1.165) is 5.56 Å². The number of hydrogen-bond acceptors (Lipinski definition) is 3. The van der Waals surface area contributed by atoms with Crippen molar-refractivity contribution in [3.8, 4) is 11.3 Å². The monoisotopic (exact) mass is 260 g/mol. The Kier molecular flexibility index (Phi) is 2.95. The van der Waals surface area contributed by atoms with Crippen LogP contribution in [0.25, 0.3) is 22.2 Å². The average molecular weight is 260 g/mol. The SMILES string of the molecule is [B]c1ccc(-c2cc(C(=O)O)c3ccncc3n2)cc1. The maximum Gasteiger partial charge on any atom is 0.336 e. The molecule has 2 aromatic heterocycles. The predicted molar refractivity (Wildman–Crippen MR) is 77.3 cm³/mol. The fourth-order valence-electron chi connectivity index (χ4n) is 2.06. The Hall–Kier alpha value is -2.69. The first-order valence-corrected chi connectivity index (χ1v) is 5.99. The molecule has 1 aromatic carbocycles. The normalized spacial score (nSPS) is 10.6. The number of carboxylic acid groups (broad SMARTS) is 1. The molecule has 3 aromatic rings. The third-order valence-electron chi connectivity index (χ3n) is 3.05. The third-order valence-corrected chi connectivity index (χ3v) is 3.05. The second kappa shape index (κ2) is 4.77. The van der Waals surface area contributed by atoms with Gasteiger partial charge < -0.3 is 5.11 Å². The van der Waals surface area contributed by atoms with E-state index >= 15 is 0 Å². The molecule has 0 unspecified atom stereocenters. The first-order valence-electron chi connectivity index (χ1n) is 5.99. The molecule has 4 nitrogen and oxygen atoms in total. The van der Waals surface area contributed by atoms with Crippen molar-refractivity contribution < 1.29 is 9.90 Å². The molecule has 2 radical (unpaired) electrons. The zero-order chi connectivity index (χ0) is 14.1. The van der Waals surface area contributed by atoms with Gasteiger partial charge in [0.1, 0.15) is 7.85 Å². The average Bonchev–Trinajstić information content (AvgIpc) is 2.46. The molecule has 2 heterocycles. The van der Waals surface area contributed by atoms with Crippen molar-refractivity contribution in [2.24, 2.45) is 0 Å². The largest absolute Gasteiger partial charge is 0.478 e. The highest BCUT2D eigenvalue weighted by Gasteiger charge is 2.12. The van der Waals surface area contributed by atoms with E-state index in [0.29, 0.717) is 22.1 Å². The molecule has 20 heavy (non-hydrogen) atoms. The maximum absolute atomic E-state index is 11.4. The van der Waals surface area contributed by atoms with Gasteiger partial charge >= 0.3 is 5.97 Å². The molecule has 94 valence electrons. The minimum Gasteiger partial charge on any atom is -0.478 e. The van der Waals surface area contributed by atoms with E-state index in [4.69, 9.17) is 7.85 Å². The number of fused-ring (bicyclic) bond motifs is 1. The van der Waals surface area contributed by atoms with Gasteiger partial charge in [0, 0.05) is 17.1 Å². The summed E-state index contributed by atoms with van der Waals surface area (Å²) in [6, 6.07) is 10.3. The third kappa shape index (κ3) is 2.14. The Bertz CT molecular complexity index is 801. The highest BCUT2D eigenvalue weighted by atomic mass is 16.4. The van der Waals surface area contributed by atoms with Crippen molar-refractivity contribution in [3.63, 3.8) is 0 Å². The Morgan fingerprint density at radius 1 is 1.15 bits per heavy atom. The number of aromatic carboxylic acids is 1. The van der Waals surface area contributed by atoms with Crippen LogP contribution in [0.2, 0.25) is 0 Å². The lowest BCUT2D eigenvalue weighted by atomic mass is 9.94. The Labute approximate surface area is 116 Å². The van der Waals surface area contributed by atoms with E-state index in [1.165, 1.54) is 0 Å². The summed E-state index contributed by atoms with van der Waals surface area (Å²) in [4.78, 5) is 19.8. The smallest absolute Gasteiger partial charge is 0.336 e. The van der Waals surface area contributed by atoms with Crippen LogP contribution in [0.3, 0.4) is 0 Å². The fraction of sp³-hybridized carbons (Fsp3) is 0. The Balaban J connectivity index is 2.27. The van der Waals surface area contributed by atoms with Crippen molar-refractivity contribution in [2.45, 2.75) is 0 Å². The molecule has 0 atom stereocenters. The van der Waals surface area contributed by atoms with E-state index in [1.54, 1.807) is 36.7 Å². The second-order valence-electron chi connectivity index (χ2n) is 4.38. The standard InChI is InChI=1S/C15H9BN2O2/c16-10-3-1-9(2-4-10)13-7-12(15(19)20)11-5-6-17-8-14(11)18-13/h1-8H,(H,19,20). The molecule has 1 N–H and O–H groups in total. The van der Waals surface area contributed by atoms with Gasteiger partial charge in [-0.1, -0.05) is 29.7 Å². The summed E-state index contributed by atoms with van der Waals surface area (Å²) < 4.78 is 0. The van der Waals surface area contributed by atoms with Crippen LogP contribution in [0.1, 0.15) is 10.4 Å². The van der Waals surface area contributed by atoms with Gasteiger partial charge in [-0.25, -0.2) is 9.78 Å². The number of carbonyl (C=O) groups is 1. The first kappa shape index (κ1) is 12.4. The van der Waals surface area contributed by atoms with Crippen molar-refractivity contribution in [3.05, 3.63) is 54.4 Å². The lowest BCUT2D eigenvalue weighted by molar-refractivity contribution is 0.0699. The molecule has 3 rings (SSSR count). The van der Waals surface area contributed by atoms with Crippen LogP contribution in [-0.4, -0.2) is 28.9 Å². The van der Waals surface area contributed by atoms with Gasteiger partial charge in [0.15, 0.2) is 0 Å². The number of benzene rings is 1. The van der Waals surface area contributed by atoms with Gasteiger partial charge in [-0.2, -0.15) is 0 Å². The topological polar surface area (TPSA) is 63.1 Å². The van der Waals surface area contributed by atoms with Gasteiger partial charge in [-0.15, -0.1) is 0 Å². The number of nitrogens with zero attached hydrogens (tertiary/aromatic N) is 2. The molecule has 0 saturated carbocycles. The summed E-state index contributed by atoms with van der Waals surface area (Å²) in [6.07, 6.45) is 3.11. The molecule has 5 heteroatoms. The summed E-state index contributed by atoms with van der Waals surface area (Å²) >= 11 is 0. The Morgan fingerprint density at radius 2 is 1.90 bits per heavy atom. The maximum atomic E-state index is 11.4. The molecule has 0 spiro atoms. The van der Waals surface area contributed by atoms with Crippen LogP contribution in [0, 0.1) is 0 Å². The van der Waals surface area contributed by atoms with Gasteiger partial charge in [-0.3, -0.25) is 4.98 Å². The summed E-state index contributed by atoms with van der Waals surface area (Å²) in [5.74, 6) is -0.986. The minimum atomic E-state index is -0.986. The molecule has 0 aliphatic rings. The lowest BCUT2D eigenvalue weighted by Crippen LogP contribution is -2.02. The van der Waals surface area contributed by atoms with Crippen LogP contribution in [0.15, 0.2) is 48.8 Å². The second-order valence-corrected chi connectivity index (χ2v) is 4.38. The van der Waals surface area contributed by atoms with E-state index in [9.17, 15) is 9.90 Å². The van der Waals surface area contributed by atoms with E-state index in [2.05, 4.69) is 9.97 Å². The van der Waals surface area contributed by atoms with Crippen LogP contribution in [-0.2, 0) is 0 Å². The van der Waals surface area contributed by atoms with E-state index in [-0.39, 0.29) is 5.56 Å². The quantitative estimate of drug-likeness (QED) is 0.713. The van der Waals surface area contributed by atoms with Crippen molar-refractivity contribution in [1.29, 1.82) is 0 Å². The summed E-state index contributed by atoms with van der Waals surface area (Å²) in [5.41, 5.74) is 2.81. The lowest BCUT2D eigenvalue weighted by Gasteiger charge is -2.07. The van der Waals surface area contributed by atoms with Gasteiger partial charge in [0.05, 0.1) is 23.0 Å². The molecule has 0 aliphatic heterocycles. The molecule has 0 aliphatic carbocycles. The first-order chi connectivity index (χ1) is 9.65. The van der Waals surface area contributed by atoms with Crippen LogP contribution < -0.4 is 5.46 Å². The molecule has 0 saturated heterocycles. The van der Waals surface area contributed by atoms with Crippen LogP contribution in [0.4, 0.5) is 0 Å². The van der Waals surface area contributed by atoms with Gasteiger partial charge in [0.2, 0.25) is 0 Å². The van der Waals surface area contributed by atoms with Crippen molar-refractivity contribution in [1.82, 2.24) is 9.97 Å². The van der Waals surface area contributed by atoms with E-state index < -0.39 is 5.97 Å². The van der Waals surface area contributed by atoms with Crippen molar-refractivity contribution >= 4 is 30.2 Å². The molecule has 0 amide bonds. The predicted octanol–water partition coefficient (Wildman–Crippen LogP) is 1.79. The Morgan fingerprint density at radius 3 is 2.60 bits per heavy atom. The number of carboxylic acids is 1. The fourth-order valence-corrected chi connectivity index (χ4v) is 2.06. The summed E-state index contributed by atoms with van der Waals surface area (Å²) in [7, 11) is 5.65. The number of aromatic nitrogens is 2. The summed E-state index contributed by atoms with van der Waals surface area (Å²) in [6.45, 7) is 0. The van der Waals surface area contributed by atoms with Crippen LogP contribution in [0.5, 0.6) is 0 Å². The summed E-state index contributed by atoms with van der Waals surface area (Å²) in [5, 5.41) is 9.91. The number of pyridine rings is 2. The molecular weight excluding hydrogens is 251 g/mol. The van der Waals surface area contributed by atoms with Crippen LogP contribution >= 0.6 is 0 Å². The number of hydrogen-bond donors (Lipinski definition) is 1. The van der Waals surface area contributed by atoms with E-state index in [1.807, 2.05) is 12.1 Å². The number of rotatable bonds is 2. The highest BCUT2D eigenvalue weighted by molar-refractivity contribution is 6.32.